The zero-order valence-electron chi connectivity index (χ0n) is 49.9. The average Bonchev–Trinajstić information content (AvgIpc) is 3.62. The fourth-order valence-corrected chi connectivity index (χ4v) is 8.62. The Hall–Kier alpha value is -7.57. The number of nitrogens with one attached hydrogen (secondary N) is 2. The molecular weight excluding hydrogens is 1120 g/mol. The van der Waals surface area contributed by atoms with Crippen LogP contribution >= 0.6 is 11.8 Å². The fraction of sp³-hybridized carbons (Fsp3) is 0.571. The molecule has 28 nitrogen and oxygen atoms in total. The van der Waals surface area contributed by atoms with Crippen LogP contribution in [0.5, 0.6) is 11.5 Å². The lowest BCUT2D eigenvalue weighted by molar-refractivity contribution is -0.149. The molecule has 0 aromatic heterocycles. The van der Waals surface area contributed by atoms with Crippen molar-refractivity contribution in [1.29, 1.82) is 0 Å². The highest BCUT2D eigenvalue weighted by Gasteiger charge is 2.31. The Bertz CT molecular complexity index is 2540. The van der Waals surface area contributed by atoms with Crippen LogP contribution in [0.4, 0.5) is 0 Å². The molecule has 9 amide bonds. The lowest BCUT2D eigenvalue weighted by atomic mass is 10.0. The van der Waals surface area contributed by atoms with Crippen LogP contribution in [-0.2, 0) is 70.6 Å². The van der Waals surface area contributed by atoms with Crippen molar-refractivity contribution in [3.8, 4) is 11.5 Å². The van der Waals surface area contributed by atoms with Crippen LogP contribution in [0.25, 0.3) is 0 Å². The number of ketones is 3. The van der Waals surface area contributed by atoms with Gasteiger partial charge in [-0.3, -0.25) is 57.5 Å². The third kappa shape index (κ3) is 27.8. The van der Waals surface area contributed by atoms with E-state index in [1.54, 1.807) is 62.4 Å². The summed E-state index contributed by atoms with van der Waals surface area (Å²) in [6, 6.07) is 12.5. The molecule has 0 bridgehead atoms. The molecule has 0 saturated carbocycles. The molecule has 0 saturated heterocycles. The van der Waals surface area contributed by atoms with E-state index in [1.165, 1.54) is 40.7 Å². The second-order valence-electron chi connectivity index (χ2n) is 20.2. The summed E-state index contributed by atoms with van der Waals surface area (Å²) in [6.07, 6.45) is 0.919. The van der Waals surface area contributed by atoms with Crippen molar-refractivity contribution >= 4 is 82.3 Å². The van der Waals surface area contributed by atoms with Crippen molar-refractivity contribution in [2.75, 3.05) is 118 Å². The quantitative estimate of drug-likeness (QED) is 0.0350. The fourth-order valence-electron chi connectivity index (χ4n) is 8.14. The molecule has 472 valence electrons. The SMILES string of the molecule is CCNCC(=O)N(CN)CC(=O)N(CC(=O)N(CN)CC(=O)N(CC(=O)N(CC(=O)N(CN)CC(=O)N(CN)CC(=O)CCC(=O)CCC(=O)CCC(=O)NC(CCSC)C(N)=O)Cc1ccc(OC)cc1)CC(C)C)Cc1ccc(OC)cc1. The summed E-state index contributed by atoms with van der Waals surface area (Å²) in [4.78, 5) is 167. The maximum Gasteiger partial charge on any atom is 0.243 e. The van der Waals surface area contributed by atoms with E-state index in [0.717, 1.165) is 19.6 Å². The van der Waals surface area contributed by atoms with Gasteiger partial charge in [0.15, 0.2) is 5.78 Å². The number of nitrogens with two attached hydrogens (primary N) is 5. The maximum atomic E-state index is 14.5. The monoisotopic (exact) mass is 1210 g/mol. The maximum absolute atomic E-state index is 14.5. The number of hydrogen-bond donors (Lipinski definition) is 7. The number of carbonyl (C=O) groups excluding carboxylic acids is 12. The number of benzene rings is 2. The van der Waals surface area contributed by atoms with Crippen LogP contribution in [0.15, 0.2) is 48.5 Å². The summed E-state index contributed by atoms with van der Waals surface area (Å²) >= 11 is 1.48. The van der Waals surface area contributed by atoms with Crippen LogP contribution < -0.4 is 48.8 Å². The number of likely N-dealkylation sites (N-methyl/N-ethyl adjacent to an activating group) is 1. The van der Waals surface area contributed by atoms with E-state index < -0.39 is 137 Å². The molecular formula is C56H88N14O14S. The number of nitrogens with zero attached hydrogens (tertiary/aromatic N) is 7. The first-order valence-corrected chi connectivity index (χ1v) is 29.2. The van der Waals surface area contributed by atoms with Crippen molar-refractivity contribution in [2.45, 2.75) is 84.8 Å². The second kappa shape index (κ2) is 39.9. The Balaban J connectivity index is 2.23. The highest BCUT2D eigenvalue weighted by Crippen LogP contribution is 2.17. The number of Topliss-reactive ketones (excluding diaryl/α,β-unsaturated/α-hetero) is 3. The number of ether oxygens (including phenoxy) is 2. The van der Waals surface area contributed by atoms with Crippen LogP contribution in [-0.4, -0.2) is 229 Å². The summed E-state index contributed by atoms with van der Waals surface area (Å²) < 4.78 is 10.5. The van der Waals surface area contributed by atoms with Crippen molar-refractivity contribution in [3.63, 3.8) is 0 Å². The Labute approximate surface area is 501 Å². The predicted octanol–water partition coefficient (Wildman–Crippen LogP) is -2.09. The Morgan fingerprint density at radius 2 is 0.847 bits per heavy atom. The smallest absolute Gasteiger partial charge is 0.243 e. The number of primary amides is 1. The molecule has 0 aliphatic carbocycles. The average molecular weight is 1210 g/mol. The number of hydrogen-bond acceptors (Lipinski definition) is 20. The molecule has 0 spiro atoms. The number of thioether (sulfide) groups is 1. The number of amides is 9. The predicted molar refractivity (Wildman–Crippen MR) is 317 cm³/mol. The summed E-state index contributed by atoms with van der Waals surface area (Å²) in [5, 5.41) is 5.41. The molecule has 0 heterocycles. The molecule has 2 rings (SSSR count). The van der Waals surface area contributed by atoms with E-state index in [9.17, 15) is 57.5 Å². The van der Waals surface area contributed by atoms with Gasteiger partial charge >= 0.3 is 0 Å². The first-order chi connectivity index (χ1) is 40.4. The molecule has 1 atom stereocenters. The largest absolute Gasteiger partial charge is 0.497 e. The van der Waals surface area contributed by atoms with Gasteiger partial charge in [-0.15, -0.1) is 0 Å². The molecule has 0 fully saturated rings. The summed E-state index contributed by atoms with van der Waals surface area (Å²) in [5.74, 6) is -5.81. The van der Waals surface area contributed by atoms with Gasteiger partial charge in [0, 0.05) is 58.2 Å². The van der Waals surface area contributed by atoms with E-state index in [1.807, 2.05) is 13.2 Å². The van der Waals surface area contributed by atoms with Gasteiger partial charge in [0.2, 0.25) is 53.2 Å². The van der Waals surface area contributed by atoms with Crippen molar-refractivity contribution in [3.05, 3.63) is 59.7 Å². The van der Waals surface area contributed by atoms with Gasteiger partial charge in [-0.25, -0.2) is 0 Å². The van der Waals surface area contributed by atoms with Crippen LogP contribution in [0, 0.1) is 5.92 Å². The third-order valence-corrected chi connectivity index (χ3v) is 13.8. The van der Waals surface area contributed by atoms with E-state index in [4.69, 9.17) is 38.1 Å². The van der Waals surface area contributed by atoms with E-state index in [-0.39, 0.29) is 83.1 Å². The van der Waals surface area contributed by atoms with Gasteiger partial charge in [0.1, 0.15) is 61.8 Å². The van der Waals surface area contributed by atoms with Gasteiger partial charge in [-0.1, -0.05) is 45.0 Å². The zero-order valence-corrected chi connectivity index (χ0v) is 50.7. The number of rotatable bonds is 43. The van der Waals surface area contributed by atoms with Crippen molar-refractivity contribution < 1.29 is 67.0 Å². The first-order valence-electron chi connectivity index (χ1n) is 27.8. The molecule has 1 unspecified atom stereocenters. The van der Waals surface area contributed by atoms with Gasteiger partial charge in [0.05, 0.1) is 60.5 Å². The first kappa shape index (κ1) is 73.5. The molecule has 85 heavy (non-hydrogen) atoms. The Kier molecular flexibility index (Phi) is 34.5. The zero-order chi connectivity index (χ0) is 63.6. The normalized spacial score (nSPS) is 11.2. The van der Waals surface area contributed by atoms with Crippen molar-refractivity contribution in [1.82, 2.24) is 44.9 Å². The molecule has 29 heteroatoms. The molecule has 0 aliphatic heterocycles. The summed E-state index contributed by atoms with van der Waals surface area (Å²) in [6.45, 7) is -0.0968. The van der Waals surface area contributed by atoms with E-state index in [2.05, 4.69) is 10.6 Å². The second-order valence-corrected chi connectivity index (χ2v) is 21.1. The molecule has 2 aromatic carbocycles. The topological polar surface area (TPSA) is 400 Å². The Morgan fingerprint density at radius 3 is 1.22 bits per heavy atom. The van der Waals surface area contributed by atoms with E-state index >= 15 is 0 Å². The van der Waals surface area contributed by atoms with Gasteiger partial charge < -0.3 is 83.1 Å². The molecule has 2 aromatic rings. The summed E-state index contributed by atoms with van der Waals surface area (Å²) in [7, 11) is 2.97. The van der Waals surface area contributed by atoms with Crippen LogP contribution in [0.3, 0.4) is 0 Å². The number of methoxy groups -OCH3 is 2. The minimum atomic E-state index is -0.866. The highest BCUT2D eigenvalue weighted by molar-refractivity contribution is 7.98. The number of carbonyl (C=O) groups is 12. The minimum Gasteiger partial charge on any atom is -0.497 e. The highest BCUT2D eigenvalue weighted by atomic mass is 32.2. The van der Waals surface area contributed by atoms with E-state index in [0.29, 0.717) is 41.3 Å². The van der Waals surface area contributed by atoms with Crippen molar-refractivity contribution in [2.24, 2.45) is 34.6 Å². The standard InChI is InChI=1S/C56H88N14O14S/c1-7-62-24-49(75)68(36-58)32-52(78)66(27-41-10-19-46(84-5)20-11-41)31-53(79)69(37-59)33-51(77)64(25-39(2)3)29-50(76)65(26-40-8-17-45(83-4)18-9-40)30-54(80)70(38-60)34-55(81)67(35-57)28-44(73)15-14-42(71)12-13-43(72)16-21-48(74)63-47(56(61)82)22-23-85-6/h8-11,17-20,39,47,62H,7,12-16,21-38,57-60H2,1-6H3,(H2,61,82)(H,63,74). The molecule has 0 aliphatic rings. The lowest BCUT2D eigenvalue weighted by Crippen LogP contribution is -2.53. The van der Waals surface area contributed by atoms with Crippen LogP contribution in [0.1, 0.15) is 76.8 Å². The minimum absolute atomic E-state index is 0.0204. The third-order valence-electron chi connectivity index (χ3n) is 13.1. The van der Waals surface area contributed by atoms with Gasteiger partial charge in [-0.05, 0) is 66.3 Å². The Morgan fingerprint density at radius 1 is 0.494 bits per heavy atom. The summed E-state index contributed by atoms with van der Waals surface area (Å²) in [5.41, 5.74) is 30.3. The molecule has 0 radical (unpaired) electrons. The van der Waals surface area contributed by atoms with Gasteiger partial charge in [0.25, 0.3) is 0 Å². The molecule has 12 N–H and O–H groups in total. The lowest BCUT2D eigenvalue weighted by Gasteiger charge is -2.32. The van der Waals surface area contributed by atoms with Gasteiger partial charge in [-0.2, -0.15) is 11.8 Å². The van der Waals surface area contributed by atoms with Crippen LogP contribution in [0.2, 0.25) is 0 Å².